The molecule has 0 aliphatic rings. The maximum atomic E-state index is 13.1. The van der Waals surface area contributed by atoms with Gasteiger partial charge in [0.2, 0.25) is 5.91 Å². The van der Waals surface area contributed by atoms with Crippen molar-refractivity contribution >= 4 is 34.9 Å². The number of hydrogen-bond acceptors (Lipinski definition) is 5. The third kappa shape index (κ3) is 5.41. The van der Waals surface area contributed by atoms with Gasteiger partial charge in [0.15, 0.2) is 5.78 Å². The largest absolute Gasteiger partial charge is 0.507 e. The van der Waals surface area contributed by atoms with Crippen molar-refractivity contribution in [3.63, 3.8) is 0 Å². The lowest BCUT2D eigenvalue weighted by Gasteiger charge is -2.14. The first kappa shape index (κ1) is 22.8. The Bertz CT molecular complexity index is 1190. The quantitative estimate of drug-likeness (QED) is 0.342. The summed E-state index contributed by atoms with van der Waals surface area (Å²) < 4.78 is 18.9. The van der Waals surface area contributed by atoms with E-state index in [-0.39, 0.29) is 33.4 Å². The van der Waals surface area contributed by atoms with Crippen LogP contribution in [-0.2, 0) is 9.59 Å². The first-order valence-electron chi connectivity index (χ1n) is 9.27. The zero-order chi connectivity index (χ0) is 23.4. The molecular formula is C23H17ClFNO6. The Morgan fingerprint density at radius 1 is 1.06 bits per heavy atom. The van der Waals surface area contributed by atoms with Crippen molar-refractivity contribution in [2.75, 3.05) is 5.32 Å². The third-order valence-electron chi connectivity index (χ3n) is 4.36. The number of anilines is 1. The lowest BCUT2D eigenvalue weighted by molar-refractivity contribution is -0.139. The van der Waals surface area contributed by atoms with Crippen LogP contribution < -0.4 is 10.1 Å². The third-order valence-corrected chi connectivity index (χ3v) is 4.64. The molecule has 9 heteroatoms. The van der Waals surface area contributed by atoms with E-state index in [2.05, 4.69) is 5.32 Å². The predicted molar refractivity (Wildman–Crippen MR) is 115 cm³/mol. The van der Waals surface area contributed by atoms with Crippen molar-refractivity contribution in [1.82, 2.24) is 0 Å². The molecule has 7 nitrogen and oxygen atoms in total. The summed E-state index contributed by atoms with van der Waals surface area (Å²) >= 11 is 6.27. The highest BCUT2D eigenvalue weighted by atomic mass is 35.5. The summed E-state index contributed by atoms with van der Waals surface area (Å²) in [4.78, 5) is 35.0. The number of ether oxygens (including phenoxy) is 1. The van der Waals surface area contributed by atoms with Crippen molar-refractivity contribution in [1.29, 1.82) is 0 Å². The number of nitrogens with one attached hydrogen (secondary N) is 1. The summed E-state index contributed by atoms with van der Waals surface area (Å²) in [5, 5.41) is 21.4. The monoisotopic (exact) mass is 457 g/mol. The van der Waals surface area contributed by atoms with E-state index >= 15 is 0 Å². The highest BCUT2D eigenvalue weighted by Gasteiger charge is 2.17. The minimum atomic E-state index is -1.26. The number of rotatable bonds is 7. The Balaban J connectivity index is 1.85. The molecule has 0 unspecified atom stereocenters. The Kier molecular flexibility index (Phi) is 6.75. The number of amides is 1. The van der Waals surface area contributed by atoms with Crippen LogP contribution in [0.3, 0.4) is 0 Å². The molecule has 0 spiro atoms. The minimum absolute atomic E-state index is 0.0413. The second-order valence-corrected chi connectivity index (χ2v) is 7.25. The SMILES string of the molecule is Cc1cc(NC(=O)CC(=O)O)cc(Cl)c1Oc1ccc(O)c(C(=O)c2ccc(F)cc2)c1. The highest BCUT2D eigenvalue weighted by Crippen LogP contribution is 2.37. The van der Waals surface area contributed by atoms with Gasteiger partial charge in [-0.05, 0) is 67.1 Å². The summed E-state index contributed by atoms with van der Waals surface area (Å²) in [6, 6.07) is 11.9. The number of carboxylic acids is 1. The number of hydrogen-bond donors (Lipinski definition) is 3. The molecule has 0 aliphatic carbocycles. The van der Waals surface area contributed by atoms with E-state index < -0.39 is 29.9 Å². The van der Waals surface area contributed by atoms with Crippen molar-refractivity contribution in [3.8, 4) is 17.2 Å². The van der Waals surface area contributed by atoms with Crippen LogP contribution in [0.25, 0.3) is 0 Å². The molecule has 0 saturated carbocycles. The van der Waals surface area contributed by atoms with Crippen LogP contribution in [-0.4, -0.2) is 27.9 Å². The van der Waals surface area contributed by atoms with Gasteiger partial charge in [0.05, 0.1) is 10.6 Å². The minimum Gasteiger partial charge on any atom is -0.507 e. The Morgan fingerprint density at radius 3 is 2.38 bits per heavy atom. The Labute approximate surface area is 187 Å². The van der Waals surface area contributed by atoms with Crippen molar-refractivity contribution in [3.05, 3.63) is 82.1 Å². The smallest absolute Gasteiger partial charge is 0.312 e. The maximum Gasteiger partial charge on any atom is 0.312 e. The zero-order valence-corrected chi connectivity index (χ0v) is 17.4. The summed E-state index contributed by atoms with van der Waals surface area (Å²) in [6.45, 7) is 1.67. The fourth-order valence-corrected chi connectivity index (χ4v) is 3.22. The normalized spacial score (nSPS) is 10.5. The fraction of sp³-hybridized carbons (Fsp3) is 0.0870. The van der Waals surface area contributed by atoms with E-state index in [4.69, 9.17) is 21.4 Å². The topological polar surface area (TPSA) is 113 Å². The molecule has 32 heavy (non-hydrogen) atoms. The van der Waals surface area contributed by atoms with Crippen LogP contribution in [0.15, 0.2) is 54.6 Å². The van der Waals surface area contributed by atoms with Gasteiger partial charge in [0.25, 0.3) is 0 Å². The molecule has 164 valence electrons. The van der Waals surface area contributed by atoms with Crippen LogP contribution in [0, 0.1) is 12.7 Å². The molecule has 0 aromatic heterocycles. The number of carbonyl (C=O) groups excluding carboxylic acids is 2. The molecule has 0 atom stereocenters. The van der Waals surface area contributed by atoms with Gasteiger partial charge in [-0.3, -0.25) is 14.4 Å². The number of phenols is 1. The highest BCUT2D eigenvalue weighted by molar-refractivity contribution is 6.32. The number of carbonyl (C=O) groups is 3. The van der Waals surface area contributed by atoms with Crippen LogP contribution in [0.2, 0.25) is 5.02 Å². The van der Waals surface area contributed by atoms with Crippen LogP contribution in [0.1, 0.15) is 27.9 Å². The van der Waals surface area contributed by atoms with Gasteiger partial charge in [0.1, 0.15) is 29.5 Å². The van der Waals surface area contributed by atoms with Gasteiger partial charge in [-0.25, -0.2) is 4.39 Å². The van der Waals surface area contributed by atoms with E-state index in [1.807, 2.05) is 0 Å². The van der Waals surface area contributed by atoms with Gasteiger partial charge in [-0.1, -0.05) is 11.6 Å². The predicted octanol–water partition coefficient (Wildman–Crippen LogP) is 4.93. The van der Waals surface area contributed by atoms with Gasteiger partial charge in [-0.2, -0.15) is 0 Å². The molecule has 0 fully saturated rings. The molecule has 3 N–H and O–H groups in total. The van der Waals surface area contributed by atoms with Crippen molar-refractivity contribution < 1.29 is 33.7 Å². The van der Waals surface area contributed by atoms with E-state index in [1.165, 1.54) is 36.4 Å². The van der Waals surface area contributed by atoms with Gasteiger partial charge >= 0.3 is 5.97 Å². The van der Waals surface area contributed by atoms with Gasteiger partial charge < -0.3 is 20.3 Å². The summed E-state index contributed by atoms with van der Waals surface area (Å²) in [7, 11) is 0. The average molecular weight is 458 g/mol. The Morgan fingerprint density at radius 2 is 1.75 bits per heavy atom. The molecule has 0 aliphatic heterocycles. The number of halogens is 2. The standard InChI is InChI=1S/C23H17ClFNO6/c1-12-8-15(26-20(28)11-21(29)30)9-18(24)23(12)32-16-6-7-19(27)17(10-16)22(31)13-2-4-14(25)5-3-13/h2-10,27H,11H2,1H3,(H,26,28)(H,29,30). The second-order valence-electron chi connectivity index (χ2n) is 6.84. The summed E-state index contributed by atoms with van der Waals surface area (Å²) in [5.74, 6) is -2.80. The average Bonchev–Trinajstić information content (AvgIpc) is 2.71. The van der Waals surface area contributed by atoms with Gasteiger partial charge in [-0.15, -0.1) is 0 Å². The molecule has 0 bridgehead atoms. The van der Waals surface area contributed by atoms with Crippen LogP contribution in [0.5, 0.6) is 17.2 Å². The first-order chi connectivity index (χ1) is 15.1. The first-order valence-corrected chi connectivity index (χ1v) is 9.64. The van der Waals surface area contributed by atoms with Crippen LogP contribution >= 0.6 is 11.6 Å². The number of carboxylic acid groups (broad SMARTS) is 1. The summed E-state index contributed by atoms with van der Waals surface area (Å²) in [5.41, 5.74) is 0.974. The second kappa shape index (κ2) is 9.49. The van der Waals surface area contributed by atoms with Crippen molar-refractivity contribution in [2.45, 2.75) is 13.3 Å². The number of aromatic hydroxyl groups is 1. The number of aliphatic carboxylic acids is 1. The van der Waals surface area contributed by atoms with E-state index in [0.29, 0.717) is 11.3 Å². The number of benzene rings is 3. The molecule has 3 aromatic carbocycles. The fourth-order valence-electron chi connectivity index (χ4n) is 2.91. The van der Waals surface area contributed by atoms with Crippen LogP contribution in [0.4, 0.5) is 10.1 Å². The lowest BCUT2D eigenvalue weighted by Crippen LogP contribution is -2.16. The number of phenolic OH excluding ortho intramolecular Hbond substituents is 1. The maximum absolute atomic E-state index is 13.1. The lowest BCUT2D eigenvalue weighted by atomic mass is 10.0. The van der Waals surface area contributed by atoms with Gasteiger partial charge in [0, 0.05) is 11.3 Å². The molecule has 0 saturated heterocycles. The summed E-state index contributed by atoms with van der Waals surface area (Å²) in [6.07, 6.45) is -0.687. The van der Waals surface area contributed by atoms with Crippen molar-refractivity contribution in [2.24, 2.45) is 0 Å². The molecular weight excluding hydrogens is 441 g/mol. The molecule has 0 radical (unpaired) electrons. The molecule has 1 amide bonds. The van der Waals surface area contributed by atoms with E-state index in [1.54, 1.807) is 13.0 Å². The van der Waals surface area contributed by atoms with E-state index in [9.17, 15) is 23.9 Å². The molecule has 3 rings (SSSR count). The zero-order valence-electron chi connectivity index (χ0n) is 16.7. The number of aryl methyl sites for hydroxylation is 1. The number of ketones is 1. The van der Waals surface area contributed by atoms with E-state index in [0.717, 1.165) is 12.1 Å². The molecule has 3 aromatic rings. The Hall–Kier alpha value is -3.91. The molecule has 0 heterocycles.